The Morgan fingerprint density at radius 2 is 1.79 bits per heavy atom. The van der Waals surface area contributed by atoms with Crippen molar-refractivity contribution in [2.24, 2.45) is 5.73 Å². The fourth-order valence-electron chi connectivity index (χ4n) is 1.63. The number of hydrogen-bond donors (Lipinski definition) is 1. The van der Waals surface area contributed by atoms with Gasteiger partial charge in [0.1, 0.15) is 0 Å². The molecule has 2 heteroatoms. The fraction of sp³-hybridized carbons (Fsp3) is 0.167. The first-order valence-electron chi connectivity index (χ1n) is 4.59. The Labute approximate surface area is 88.3 Å². The average Bonchev–Trinajstić information content (AvgIpc) is 2.27. The van der Waals surface area contributed by atoms with E-state index >= 15 is 0 Å². The Kier molecular flexibility index (Phi) is 2.75. The van der Waals surface area contributed by atoms with Crippen LogP contribution in [0.4, 0.5) is 0 Å². The summed E-state index contributed by atoms with van der Waals surface area (Å²) in [4.78, 5) is 0. The molecule has 0 heterocycles. The molecule has 72 valence electrons. The molecule has 0 bridgehead atoms. The van der Waals surface area contributed by atoms with Gasteiger partial charge in [0.15, 0.2) is 0 Å². The van der Waals surface area contributed by atoms with E-state index in [-0.39, 0.29) is 5.37 Å². The molecule has 0 radical (unpaired) electrons. The molecule has 0 aliphatic carbocycles. The Morgan fingerprint density at radius 1 is 1.07 bits per heavy atom. The van der Waals surface area contributed by atoms with Crippen molar-refractivity contribution in [3.8, 4) is 0 Å². The highest BCUT2D eigenvalue weighted by Gasteiger charge is 2.06. The Bertz CT molecular complexity index is 434. The summed E-state index contributed by atoms with van der Waals surface area (Å²) in [6.45, 7) is 0. The predicted molar refractivity (Wildman–Crippen MR) is 64.4 cm³/mol. The van der Waals surface area contributed by atoms with E-state index < -0.39 is 0 Å². The van der Waals surface area contributed by atoms with Crippen LogP contribution in [-0.2, 0) is 0 Å². The maximum atomic E-state index is 6.02. The van der Waals surface area contributed by atoms with E-state index in [1.807, 2.05) is 6.26 Å². The van der Waals surface area contributed by atoms with Crippen molar-refractivity contribution in [1.29, 1.82) is 0 Å². The molecule has 0 aromatic heterocycles. The van der Waals surface area contributed by atoms with E-state index in [1.54, 1.807) is 11.8 Å². The molecule has 1 atom stereocenters. The molecule has 0 aliphatic heterocycles. The summed E-state index contributed by atoms with van der Waals surface area (Å²) in [7, 11) is 0. The smallest absolute Gasteiger partial charge is 0.0767 e. The Hall–Kier alpha value is -0.990. The number of rotatable bonds is 2. The quantitative estimate of drug-likeness (QED) is 0.759. The number of hydrogen-bond acceptors (Lipinski definition) is 2. The van der Waals surface area contributed by atoms with Crippen LogP contribution >= 0.6 is 11.8 Å². The predicted octanol–water partition coefficient (Wildman–Crippen LogP) is 3.16. The minimum atomic E-state index is 0.0705. The SMILES string of the molecule is CS[C@H](N)c1cccc2ccccc12. The van der Waals surface area contributed by atoms with E-state index in [4.69, 9.17) is 5.73 Å². The van der Waals surface area contributed by atoms with Gasteiger partial charge >= 0.3 is 0 Å². The lowest BCUT2D eigenvalue weighted by molar-refractivity contribution is 1.05. The lowest BCUT2D eigenvalue weighted by atomic mass is 10.0. The van der Waals surface area contributed by atoms with Gasteiger partial charge in [-0.15, -0.1) is 11.8 Å². The van der Waals surface area contributed by atoms with Crippen LogP contribution in [0.3, 0.4) is 0 Å². The van der Waals surface area contributed by atoms with Crippen molar-refractivity contribution < 1.29 is 0 Å². The van der Waals surface area contributed by atoms with Crippen molar-refractivity contribution in [1.82, 2.24) is 0 Å². The van der Waals surface area contributed by atoms with Crippen LogP contribution in [-0.4, -0.2) is 6.26 Å². The highest BCUT2D eigenvalue weighted by atomic mass is 32.2. The van der Waals surface area contributed by atoms with Gasteiger partial charge in [0.25, 0.3) is 0 Å². The third-order valence-corrected chi connectivity index (χ3v) is 3.15. The first-order chi connectivity index (χ1) is 6.83. The normalized spacial score (nSPS) is 13.0. The van der Waals surface area contributed by atoms with Crippen molar-refractivity contribution in [3.05, 3.63) is 48.0 Å². The summed E-state index contributed by atoms with van der Waals surface area (Å²) in [6.07, 6.45) is 2.03. The fourth-order valence-corrected chi connectivity index (χ4v) is 2.08. The van der Waals surface area contributed by atoms with Gasteiger partial charge in [0, 0.05) is 0 Å². The van der Waals surface area contributed by atoms with Crippen LogP contribution in [0.1, 0.15) is 10.9 Å². The second kappa shape index (κ2) is 4.03. The molecule has 2 aromatic rings. The molecule has 0 spiro atoms. The lowest BCUT2D eigenvalue weighted by Gasteiger charge is -2.11. The summed E-state index contributed by atoms with van der Waals surface area (Å²) in [6, 6.07) is 14.6. The van der Waals surface area contributed by atoms with Crippen LogP contribution in [0.25, 0.3) is 10.8 Å². The molecule has 0 fully saturated rings. The van der Waals surface area contributed by atoms with Crippen LogP contribution in [0, 0.1) is 0 Å². The van der Waals surface area contributed by atoms with Gasteiger partial charge in [-0.2, -0.15) is 0 Å². The first-order valence-corrected chi connectivity index (χ1v) is 5.88. The standard InChI is InChI=1S/C12H13NS/c1-14-12(13)11-8-4-6-9-5-2-3-7-10(9)11/h2-8,12H,13H2,1H3/t12-/m0/s1. The monoisotopic (exact) mass is 203 g/mol. The zero-order valence-electron chi connectivity index (χ0n) is 8.10. The highest BCUT2D eigenvalue weighted by Crippen LogP contribution is 2.27. The van der Waals surface area contributed by atoms with Gasteiger partial charge in [0.2, 0.25) is 0 Å². The highest BCUT2D eigenvalue weighted by molar-refractivity contribution is 7.98. The van der Waals surface area contributed by atoms with Crippen LogP contribution in [0.15, 0.2) is 42.5 Å². The van der Waals surface area contributed by atoms with Gasteiger partial charge in [-0.05, 0) is 22.6 Å². The Balaban J connectivity index is 2.65. The number of benzene rings is 2. The molecule has 0 unspecified atom stereocenters. The van der Waals surface area contributed by atoms with Gasteiger partial charge < -0.3 is 5.73 Å². The summed E-state index contributed by atoms with van der Waals surface area (Å²) >= 11 is 1.67. The number of fused-ring (bicyclic) bond motifs is 1. The maximum absolute atomic E-state index is 6.02. The summed E-state index contributed by atoms with van der Waals surface area (Å²) < 4.78 is 0. The zero-order chi connectivity index (χ0) is 9.97. The van der Waals surface area contributed by atoms with Crippen LogP contribution in [0.2, 0.25) is 0 Å². The molecule has 2 aromatic carbocycles. The maximum Gasteiger partial charge on any atom is 0.0767 e. The van der Waals surface area contributed by atoms with E-state index in [9.17, 15) is 0 Å². The molecule has 2 N–H and O–H groups in total. The van der Waals surface area contributed by atoms with Crippen LogP contribution < -0.4 is 5.73 Å². The second-order valence-electron chi connectivity index (χ2n) is 3.22. The largest absolute Gasteiger partial charge is 0.316 e. The molecular weight excluding hydrogens is 190 g/mol. The summed E-state index contributed by atoms with van der Waals surface area (Å²) in [5.41, 5.74) is 7.24. The second-order valence-corrected chi connectivity index (χ2v) is 4.20. The van der Waals surface area contributed by atoms with Crippen molar-refractivity contribution in [2.75, 3.05) is 6.26 Å². The van der Waals surface area contributed by atoms with Crippen LogP contribution in [0.5, 0.6) is 0 Å². The van der Waals surface area contributed by atoms with Gasteiger partial charge in [-0.25, -0.2) is 0 Å². The molecule has 2 rings (SSSR count). The van der Waals surface area contributed by atoms with E-state index in [2.05, 4.69) is 42.5 Å². The molecule has 0 aliphatic rings. The van der Waals surface area contributed by atoms with Crippen molar-refractivity contribution in [2.45, 2.75) is 5.37 Å². The first kappa shape index (κ1) is 9.56. The molecular formula is C12H13NS. The van der Waals surface area contributed by atoms with E-state index in [1.165, 1.54) is 16.3 Å². The van der Waals surface area contributed by atoms with E-state index in [0.717, 1.165) is 0 Å². The topological polar surface area (TPSA) is 26.0 Å². The van der Waals surface area contributed by atoms with Crippen molar-refractivity contribution in [3.63, 3.8) is 0 Å². The molecule has 0 saturated carbocycles. The minimum absolute atomic E-state index is 0.0705. The molecule has 0 amide bonds. The number of thioether (sulfide) groups is 1. The number of nitrogens with two attached hydrogens (primary N) is 1. The average molecular weight is 203 g/mol. The third kappa shape index (κ3) is 1.63. The minimum Gasteiger partial charge on any atom is -0.316 e. The lowest BCUT2D eigenvalue weighted by Crippen LogP contribution is -2.05. The molecule has 14 heavy (non-hydrogen) atoms. The summed E-state index contributed by atoms with van der Waals surface area (Å²) in [5, 5.41) is 2.59. The zero-order valence-corrected chi connectivity index (χ0v) is 8.92. The third-order valence-electron chi connectivity index (χ3n) is 2.38. The van der Waals surface area contributed by atoms with E-state index in [0.29, 0.717) is 0 Å². The Morgan fingerprint density at radius 3 is 2.57 bits per heavy atom. The van der Waals surface area contributed by atoms with Gasteiger partial charge in [0.05, 0.1) is 5.37 Å². The molecule has 0 saturated heterocycles. The summed E-state index contributed by atoms with van der Waals surface area (Å²) in [5.74, 6) is 0. The van der Waals surface area contributed by atoms with Gasteiger partial charge in [-0.1, -0.05) is 42.5 Å². The van der Waals surface area contributed by atoms with Gasteiger partial charge in [-0.3, -0.25) is 0 Å². The van der Waals surface area contributed by atoms with Crippen molar-refractivity contribution >= 4 is 22.5 Å². The molecule has 1 nitrogen and oxygen atoms in total.